The van der Waals surface area contributed by atoms with Gasteiger partial charge in [-0.1, -0.05) is 55.8 Å². The molecule has 6 heteroatoms. The Labute approximate surface area is 174 Å². The molecule has 0 amide bonds. The number of allylic oxidation sites excluding steroid dienone is 2. The van der Waals surface area contributed by atoms with E-state index in [1.165, 1.54) is 18.2 Å². The maximum Gasteiger partial charge on any atom is 0.330 e. The number of carbonyl (C=O) groups is 1. The van der Waals surface area contributed by atoms with E-state index in [4.69, 9.17) is 21.4 Å². The minimum atomic E-state index is -0.396. The molecule has 0 saturated heterocycles. The molecule has 0 unspecified atom stereocenters. The van der Waals surface area contributed by atoms with Crippen LogP contribution in [0, 0.1) is 5.82 Å². The summed E-state index contributed by atoms with van der Waals surface area (Å²) in [4.78, 5) is 11.5. The summed E-state index contributed by atoms with van der Waals surface area (Å²) in [5.74, 6) is -0.580. The maximum absolute atomic E-state index is 13.5. The number of esters is 1. The Hall–Kier alpha value is -2.92. The summed E-state index contributed by atoms with van der Waals surface area (Å²) < 4.78 is 20.1. The molecule has 0 bridgehead atoms. The highest BCUT2D eigenvalue weighted by molar-refractivity contribution is 6.30. The monoisotopic (exact) mass is 412 g/mol. The van der Waals surface area contributed by atoms with E-state index in [0.717, 1.165) is 27.9 Å². The van der Waals surface area contributed by atoms with Crippen LogP contribution in [0.1, 0.15) is 37.9 Å². The highest BCUT2D eigenvalue weighted by Crippen LogP contribution is 2.35. The molecule has 0 atom stereocenters. The molecule has 4 nitrogen and oxygen atoms in total. The van der Waals surface area contributed by atoms with E-state index in [0.29, 0.717) is 11.8 Å². The maximum atomic E-state index is 13.5. The molecule has 3 rings (SSSR count). The Balaban J connectivity index is 2.20. The van der Waals surface area contributed by atoms with Gasteiger partial charge >= 0.3 is 5.97 Å². The molecule has 0 radical (unpaired) electrons. The Morgan fingerprint density at radius 3 is 2.59 bits per heavy atom. The third-order valence-corrected chi connectivity index (χ3v) is 4.68. The van der Waals surface area contributed by atoms with Crippen LogP contribution in [0.25, 0.3) is 22.7 Å². The molecular formula is C23H22ClFN2O2. The van der Waals surface area contributed by atoms with Gasteiger partial charge in [0, 0.05) is 17.2 Å². The quantitative estimate of drug-likeness (QED) is 0.281. The number of ether oxygens (including phenoxy) is 1. The average Bonchev–Trinajstić information content (AvgIpc) is 3.06. The molecule has 0 saturated carbocycles. The molecular weight excluding hydrogens is 391 g/mol. The van der Waals surface area contributed by atoms with E-state index in [1.54, 1.807) is 41.8 Å². The lowest BCUT2D eigenvalue weighted by molar-refractivity contribution is -0.137. The van der Waals surface area contributed by atoms with Crippen LogP contribution in [-0.2, 0) is 9.53 Å². The lowest BCUT2D eigenvalue weighted by Crippen LogP contribution is -2.06. The minimum Gasteiger partial charge on any atom is -0.463 e. The number of fused-ring (bicyclic) bond motifs is 1. The molecule has 0 N–H and O–H groups in total. The van der Waals surface area contributed by atoms with E-state index in [2.05, 4.69) is 0 Å². The predicted octanol–water partition coefficient (Wildman–Crippen LogP) is 6.05. The first-order chi connectivity index (χ1) is 13.9. The number of benzene rings is 1. The summed E-state index contributed by atoms with van der Waals surface area (Å²) in [6.07, 6.45) is 6.67. The minimum absolute atomic E-state index is 0.116. The van der Waals surface area contributed by atoms with Crippen molar-refractivity contribution in [2.75, 3.05) is 6.61 Å². The lowest BCUT2D eigenvalue weighted by atomic mass is 9.94. The van der Waals surface area contributed by atoms with Gasteiger partial charge in [-0.05, 0) is 42.7 Å². The van der Waals surface area contributed by atoms with Gasteiger partial charge in [0.15, 0.2) is 0 Å². The van der Waals surface area contributed by atoms with Gasteiger partial charge < -0.3 is 4.74 Å². The van der Waals surface area contributed by atoms with Gasteiger partial charge in [0.05, 0.1) is 17.8 Å². The van der Waals surface area contributed by atoms with Gasteiger partial charge in [-0.25, -0.2) is 13.7 Å². The van der Waals surface area contributed by atoms with Gasteiger partial charge in [-0.15, -0.1) is 0 Å². The van der Waals surface area contributed by atoms with Crippen molar-refractivity contribution in [2.45, 2.75) is 26.7 Å². The zero-order valence-electron chi connectivity index (χ0n) is 16.5. The van der Waals surface area contributed by atoms with Crippen molar-refractivity contribution in [3.8, 4) is 11.1 Å². The zero-order chi connectivity index (χ0) is 21.0. The summed E-state index contributed by atoms with van der Waals surface area (Å²) in [6, 6.07) is 10.0. The van der Waals surface area contributed by atoms with Crippen molar-refractivity contribution in [3.63, 3.8) is 0 Å². The fraction of sp³-hybridized carbons (Fsp3) is 0.217. The summed E-state index contributed by atoms with van der Waals surface area (Å²) >= 11 is 6.34. The van der Waals surface area contributed by atoms with Crippen molar-refractivity contribution in [1.29, 1.82) is 0 Å². The Bertz CT molecular complexity index is 1080. The molecule has 1 aromatic carbocycles. The molecule has 3 aromatic rings. The van der Waals surface area contributed by atoms with Crippen LogP contribution in [0.4, 0.5) is 4.39 Å². The topological polar surface area (TPSA) is 43.6 Å². The summed E-state index contributed by atoms with van der Waals surface area (Å²) in [5, 5.41) is 5.23. The molecule has 0 aliphatic heterocycles. The second kappa shape index (κ2) is 9.05. The normalized spacial score (nSPS) is 11.9. The van der Waals surface area contributed by atoms with Crippen molar-refractivity contribution in [2.24, 2.45) is 0 Å². The van der Waals surface area contributed by atoms with Crippen LogP contribution in [0.2, 0.25) is 5.15 Å². The van der Waals surface area contributed by atoms with Crippen LogP contribution in [0.3, 0.4) is 0 Å². The summed E-state index contributed by atoms with van der Waals surface area (Å²) in [5.41, 5.74) is 4.30. The smallest absolute Gasteiger partial charge is 0.330 e. The molecule has 0 spiro atoms. The number of rotatable bonds is 6. The van der Waals surface area contributed by atoms with Crippen LogP contribution in [0.5, 0.6) is 0 Å². The first-order valence-corrected chi connectivity index (χ1v) is 9.78. The average molecular weight is 413 g/mol. The Morgan fingerprint density at radius 2 is 1.93 bits per heavy atom. The fourth-order valence-electron chi connectivity index (χ4n) is 3.11. The number of hydrogen-bond donors (Lipinski definition) is 0. The molecule has 0 aliphatic rings. The predicted molar refractivity (Wildman–Crippen MR) is 114 cm³/mol. The standard InChI is InChI=1S/C23H22ClFN2O2/c1-4-29-21(28)8-6-5-7-18-22(16-9-11-17(25)12-10-16)19-13-14-20(24)27(19)26-23(18)15(2)3/h5-15H,4H2,1-3H3. The van der Waals surface area contributed by atoms with Crippen molar-refractivity contribution >= 4 is 29.2 Å². The molecule has 0 aliphatic carbocycles. The second-order valence-corrected chi connectivity index (χ2v) is 7.15. The number of nitrogens with zero attached hydrogens (tertiary/aromatic N) is 2. The van der Waals surface area contributed by atoms with E-state index >= 15 is 0 Å². The van der Waals surface area contributed by atoms with Gasteiger partial charge in [-0.3, -0.25) is 0 Å². The third kappa shape index (κ3) is 4.57. The number of aromatic nitrogens is 2. The Morgan fingerprint density at radius 1 is 1.21 bits per heavy atom. The van der Waals surface area contributed by atoms with Crippen LogP contribution in [0.15, 0.2) is 54.6 Å². The van der Waals surface area contributed by atoms with Gasteiger partial charge in [-0.2, -0.15) is 5.10 Å². The van der Waals surface area contributed by atoms with Crippen LogP contribution in [-0.4, -0.2) is 22.2 Å². The SMILES string of the molecule is CCOC(=O)C=CC=Cc1c(C(C)C)nn2c(Cl)ccc2c1-c1ccc(F)cc1. The van der Waals surface area contributed by atoms with E-state index < -0.39 is 5.97 Å². The summed E-state index contributed by atoms with van der Waals surface area (Å²) in [7, 11) is 0. The fourth-order valence-corrected chi connectivity index (χ4v) is 3.31. The molecule has 2 aromatic heterocycles. The summed E-state index contributed by atoms with van der Waals surface area (Å²) in [6.45, 7) is 6.18. The number of carbonyl (C=O) groups excluding carboxylic acids is 1. The zero-order valence-corrected chi connectivity index (χ0v) is 17.3. The second-order valence-electron chi connectivity index (χ2n) is 6.76. The lowest BCUT2D eigenvalue weighted by Gasteiger charge is -2.16. The first kappa shape index (κ1) is 20.8. The van der Waals surface area contributed by atoms with Crippen LogP contribution >= 0.6 is 11.6 Å². The molecule has 2 heterocycles. The van der Waals surface area contributed by atoms with Gasteiger partial charge in [0.2, 0.25) is 0 Å². The van der Waals surface area contributed by atoms with E-state index in [-0.39, 0.29) is 11.7 Å². The van der Waals surface area contributed by atoms with Crippen LogP contribution < -0.4 is 0 Å². The Kier molecular flexibility index (Phi) is 6.49. The van der Waals surface area contributed by atoms with E-state index in [9.17, 15) is 9.18 Å². The van der Waals surface area contributed by atoms with Crippen molar-refractivity contribution < 1.29 is 13.9 Å². The molecule has 150 valence electrons. The highest BCUT2D eigenvalue weighted by Gasteiger charge is 2.18. The largest absolute Gasteiger partial charge is 0.463 e. The number of hydrogen-bond acceptors (Lipinski definition) is 3. The third-order valence-electron chi connectivity index (χ3n) is 4.39. The van der Waals surface area contributed by atoms with E-state index in [1.807, 2.05) is 26.0 Å². The number of halogens is 2. The van der Waals surface area contributed by atoms with Gasteiger partial charge in [0.1, 0.15) is 11.0 Å². The molecule has 29 heavy (non-hydrogen) atoms. The highest BCUT2D eigenvalue weighted by atomic mass is 35.5. The molecule has 0 fully saturated rings. The first-order valence-electron chi connectivity index (χ1n) is 9.41. The van der Waals surface area contributed by atoms with Crippen molar-refractivity contribution in [3.05, 3.63) is 76.9 Å². The van der Waals surface area contributed by atoms with Gasteiger partial charge in [0.25, 0.3) is 0 Å². The van der Waals surface area contributed by atoms with Crippen molar-refractivity contribution in [1.82, 2.24) is 9.61 Å².